The molecule has 0 radical (unpaired) electrons. The van der Waals surface area contributed by atoms with Crippen LogP contribution in [-0.2, 0) is 11.2 Å². The summed E-state index contributed by atoms with van der Waals surface area (Å²) in [5, 5.41) is 3.03. The molecule has 7 heteroatoms. The number of hydrogen-bond acceptors (Lipinski definition) is 4. The molecule has 2 aliphatic heterocycles. The second-order valence-electron chi connectivity index (χ2n) is 7.88. The monoisotopic (exact) mass is 431 g/mol. The maximum Gasteiger partial charge on any atom is 0.255 e. The molecular weight excluding hydrogens is 405 g/mol. The average molecular weight is 432 g/mol. The van der Waals surface area contributed by atoms with Crippen LogP contribution in [0.5, 0.6) is 0 Å². The Kier molecular flexibility index (Phi) is 6.56. The molecule has 0 aliphatic carbocycles. The van der Waals surface area contributed by atoms with Gasteiger partial charge in [-0.2, -0.15) is 0 Å². The van der Waals surface area contributed by atoms with Gasteiger partial charge >= 0.3 is 0 Å². The van der Waals surface area contributed by atoms with Crippen molar-refractivity contribution in [3.05, 3.63) is 63.9 Å². The highest BCUT2D eigenvalue weighted by Gasteiger charge is 2.26. The number of rotatable bonds is 5. The zero-order valence-corrected chi connectivity index (χ0v) is 17.9. The minimum atomic E-state index is -0.611. The molecule has 2 aromatic carbocycles. The summed E-state index contributed by atoms with van der Waals surface area (Å²) in [5.41, 5.74) is 3.66. The number of halogens is 2. The average Bonchev–Trinajstić information content (AvgIpc) is 2.75. The van der Waals surface area contributed by atoms with Crippen LogP contribution in [0.1, 0.15) is 33.9 Å². The van der Waals surface area contributed by atoms with Crippen LogP contribution in [0, 0.1) is 5.82 Å². The zero-order chi connectivity index (χ0) is 21.1. The third kappa shape index (κ3) is 4.46. The molecule has 0 spiro atoms. The maximum absolute atomic E-state index is 14.2. The summed E-state index contributed by atoms with van der Waals surface area (Å²) >= 11 is 6.07. The van der Waals surface area contributed by atoms with E-state index in [0.29, 0.717) is 19.8 Å². The van der Waals surface area contributed by atoms with E-state index < -0.39 is 11.7 Å². The summed E-state index contributed by atoms with van der Waals surface area (Å²) in [5.74, 6) is -1.10. The van der Waals surface area contributed by atoms with Crippen molar-refractivity contribution in [1.29, 1.82) is 0 Å². The smallest absolute Gasteiger partial charge is 0.255 e. The Labute approximate surface area is 181 Å². The normalized spacial score (nSPS) is 18.0. The van der Waals surface area contributed by atoms with Crippen molar-refractivity contribution in [3.63, 3.8) is 0 Å². The van der Waals surface area contributed by atoms with Crippen LogP contribution in [0.25, 0.3) is 0 Å². The van der Waals surface area contributed by atoms with E-state index >= 15 is 0 Å². The lowest BCUT2D eigenvalue weighted by Crippen LogP contribution is -2.44. The number of ether oxygens (including phenoxy) is 1. The van der Waals surface area contributed by atoms with Crippen LogP contribution in [0.2, 0.25) is 5.02 Å². The third-order valence-corrected chi connectivity index (χ3v) is 6.29. The van der Waals surface area contributed by atoms with Crippen molar-refractivity contribution in [3.8, 4) is 0 Å². The van der Waals surface area contributed by atoms with E-state index in [1.807, 2.05) is 0 Å². The van der Waals surface area contributed by atoms with E-state index in [1.165, 1.54) is 29.4 Å². The first-order chi connectivity index (χ1) is 14.5. The van der Waals surface area contributed by atoms with Gasteiger partial charge in [0.15, 0.2) is 0 Å². The van der Waals surface area contributed by atoms with Gasteiger partial charge in [0.05, 0.1) is 29.8 Å². The van der Waals surface area contributed by atoms with Crippen LogP contribution in [0.4, 0.5) is 10.1 Å². The molecule has 0 unspecified atom stereocenters. The SMILES string of the molecule is CN1CCCc2cc([C@H](CNC(=O)c3c(F)cccc3Cl)N3CCOCC3)ccc21. The summed E-state index contributed by atoms with van der Waals surface area (Å²) < 4.78 is 19.7. The number of aryl methyl sites for hydroxylation is 1. The summed E-state index contributed by atoms with van der Waals surface area (Å²) in [4.78, 5) is 17.3. The number of hydrogen-bond donors (Lipinski definition) is 1. The lowest BCUT2D eigenvalue weighted by molar-refractivity contribution is 0.0162. The van der Waals surface area contributed by atoms with E-state index in [4.69, 9.17) is 16.3 Å². The summed E-state index contributed by atoms with van der Waals surface area (Å²) in [7, 11) is 2.12. The largest absolute Gasteiger partial charge is 0.379 e. The van der Waals surface area contributed by atoms with Crippen molar-refractivity contribution in [2.24, 2.45) is 0 Å². The van der Waals surface area contributed by atoms with Gasteiger partial charge in [-0.15, -0.1) is 0 Å². The number of morpholine rings is 1. The Morgan fingerprint density at radius 3 is 2.80 bits per heavy atom. The van der Waals surface area contributed by atoms with Crippen molar-refractivity contribution >= 4 is 23.2 Å². The van der Waals surface area contributed by atoms with Crippen molar-refractivity contribution in [2.75, 3.05) is 51.3 Å². The lowest BCUT2D eigenvalue weighted by atomic mass is 9.95. The molecule has 1 amide bonds. The number of amides is 1. The molecule has 0 saturated carbocycles. The predicted molar refractivity (Wildman–Crippen MR) is 117 cm³/mol. The number of carbonyl (C=O) groups excluding carboxylic acids is 1. The first-order valence-electron chi connectivity index (χ1n) is 10.4. The topological polar surface area (TPSA) is 44.8 Å². The molecular formula is C23H27ClFN3O2. The van der Waals surface area contributed by atoms with Gasteiger partial charge in [-0.3, -0.25) is 9.69 Å². The number of nitrogens with zero attached hydrogens (tertiary/aromatic N) is 2. The van der Waals surface area contributed by atoms with Crippen LogP contribution in [0.3, 0.4) is 0 Å². The molecule has 30 heavy (non-hydrogen) atoms. The number of fused-ring (bicyclic) bond motifs is 1. The Morgan fingerprint density at radius 1 is 1.23 bits per heavy atom. The van der Waals surface area contributed by atoms with E-state index in [1.54, 1.807) is 0 Å². The number of nitrogens with one attached hydrogen (secondary N) is 1. The van der Waals surface area contributed by atoms with E-state index in [0.717, 1.165) is 38.0 Å². The standard InChI is InChI=1S/C23H27ClFN3O2/c1-27-9-3-4-16-14-17(7-8-20(16)27)21(28-10-12-30-13-11-28)15-26-23(29)22-18(24)5-2-6-19(22)25/h2,5-8,14,21H,3-4,9-13,15H2,1H3,(H,26,29)/t21-/m0/s1. The van der Waals surface area contributed by atoms with Crippen molar-refractivity contribution in [1.82, 2.24) is 10.2 Å². The van der Waals surface area contributed by atoms with Gasteiger partial charge in [0.1, 0.15) is 5.82 Å². The van der Waals surface area contributed by atoms with E-state index in [9.17, 15) is 9.18 Å². The Balaban J connectivity index is 1.57. The van der Waals surface area contributed by atoms with Gasteiger partial charge in [0.2, 0.25) is 0 Å². The molecule has 1 saturated heterocycles. The summed E-state index contributed by atoms with van der Waals surface area (Å²) in [6.45, 7) is 4.35. The van der Waals surface area contributed by atoms with Gasteiger partial charge in [0, 0.05) is 38.9 Å². The molecule has 1 N–H and O–H groups in total. The zero-order valence-electron chi connectivity index (χ0n) is 17.2. The van der Waals surface area contributed by atoms with Gasteiger partial charge in [-0.1, -0.05) is 29.8 Å². The molecule has 5 nitrogen and oxygen atoms in total. The van der Waals surface area contributed by atoms with Gasteiger partial charge in [0.25, 0.3) is 5.91 Å². The minimum Gasteiger partial charge on any atom is -0.379 e. The van der Waals surface area contributed by atoms with Crippen LogP contribution >= 0.6 is 11.6 Å². The highest BCUT2D eigenvalue weighted by Crippen LogP contribution is 2.31. The Hall–Kier alpha value is -2.15. The predicted octanol–water partition coefficient (Wildman–Crippen LogP) is 3.66. The molecule has 2 aliphatic rings. The summed E-state index contributed by atoms with van der Waals surface area (Å²) in [6, 6.07) is 10.8. The molecule has 2 heterocycles. The molecule has 0 bridgehead atoms. The first-order valence-corrected chi connectivity index (χ1v) is 10.8. The second-order valence-corrected chi connectivity index (χ2v) is 8.29. The highest BCUT2D eigenvalue weighted by atomic mass is 35.5. The van der Waals surface area contributed by atoms with E-state index in [-0.39, 0.29) is 16.6 Å². The first kappa shape index (κ1) is 21.1. The quantitative estimate of drug-likeness (QED) is 0.784. The number of benzene rings is 2. The highest BCUT2D eigenvalue weighted by molar-refractivity contribution is 6.33. The third-order valence-electron chi connectivity index (χ3n) is 5.97. The fourth-order valence-electron chi connectivity index (χ4n) is 4.35. The van der Waals surface area contributed by atoms with Crippen molar-refractivity contribution < 1.29 is 13.9 Å². The molecule has 0 aromatic heterocycles. The van der Waals surface area contributed by atoms with Crippen molar-refractivity contribution in [2.45, 2.75) is 18.9 Å². The van der Waals surface area contributed by atoms with Gasteiger partial charge in [-0.25, -0.2) is 4.39 Å². The van der Waals surface area contributed by atoms with Crippen LogP contribution < -0.4 is 10.2 Å². The molecule has 2 aromatic rings. The molecule has 160 valence electrons. The van der Waals surface area contributed by atoms with Crippen LogP contribution in [-0.4, -0.2) is 57.2 Å². The molecule has 1 fully saturated rings. The minimum absolute atomic E-state index is 0.0130. The summed E-state index contributed by atoms with van der Waals surface area (Å²) in [6.07, 6.45) is 2.19. The van der Waals surface area contributed by atoms with Crippen LogP contribution in [0.15, 0.2) is 36.4 Å². The molecule has 1 atom stereocenters. The Bertz CT molecular complexity index is 897. The van der Waals surface area contributed by atoms with Gasteiger partial charge < -0.3 is 15.0 Å². The lowest BCUT2D eigenvalue weighted by Gasteiger charge is -2.36. The number of carbonyl (C=O) groups is 1. The fourth-order valence-corrected chi connectivity index (χ4v) is 4.60. The second kappa shape index (κ2) is 9.33. The molecule has 4 rings (SSSR count). The Morgan fingerprint density at radius 2 is 2.03 bits per heavy atom. The maximum atomic E-state index is 14.2. The fraction of sp³-hybridized carbons (Fsp3) is 0.435. The van der Waals surface area contributed by atoms with E-state index in [2.05, 4.69) is 40.4 Å². The number of anilines is 1. The van der Waals surface area contributed by atoms with Gasteiger partial charge in [-0.05, 0) is 42.2 Å².